The molecule has 1 atom stereocenters. The molecule has 6 heteroatoms. The van der Waals surface area contributed by atoms with Crippen molar-refractivity contribution in [2.75, 3.05) is 20.1 Å². The molecule has 1 amide bonds. The van der Waals surface area contributed by atoms with Crippen LogP contribution < -0.4 is 0 Å². The van der Waals surface area contributed by atoms with Crippen LogP contribution in [0.1, 0.15) is 24.0 Å². The van der Waals surface area contributed by atoms with Crippen LogP contribution in [-0.2, 0) is 17.9 Å². The van der Waals surface area contributed by atoms with Gasteiger partial charge in [0.05, 0.1) is 0 Å². The Balaban J connectivity index is 1.68. The minimum atomic E-state index is -1.52. The third kappa shape index (κ3) is 4.51. The summed E-state index contributed by atoms with van der Waals surface area (Å²) in [6, 6.07) is 13.7. The summed E-state index contributed by atoms with van der Waals surface area (Å²) in [5, 5.41) is 11.0. The number of benzene rings is 2. The van der Waals surface area contributed by atoms with Crippen LogP contribution in [0, 0.1) is 11.6 Å². The molecule has 0 bridgehead atoms. The van der Waals surface area contributed by atoms with Gasteiger partial charge in [-0.3, -0.25) is 9.69 Å². The van der Waals surface area contributed by atoms with E-state index >= 15 is 0 Å². The van der Waals surface area contributed by atoms with Gasteiger partial charge in [-0.1, -0.05) is 42.5 Å². The first-order chi connectivity index (χ1) is 12.9. The van der Waals surface area contributed by atoms with Gasteiger partial charge in [0.2, 0.25) is 0 Å². The van der Waals surface area contributed by atoms with E-state index in [-0.39, 0.29) is 18.7 Å². The molecule has 1 aliphatic rings. The highest BCUT2D eigenvalue weighted by Crippen LogP contribution is 2.26. The minimum Gasteiger partial charge on any atom is -0.379 e. The minimum absolute atomic E-state index is 0.0485. The highest BCUT2D eigenvalue weighted by atomic mass is 19.2. The number of likely N-dealkylation sites (tertiary alicyclic amines) is 1. The zero-order valence-electron chi connectivity index (χ0n) is 15.4. The number of carbonyl (C=O) groups is 1. The molecule has 0 aromatic heterocycles. The zero-order chi connectivity index (χ0) is 19.4. The second-order valence-electron chi connectivity index (χ2n) is 7.23. The Kier molecular flexibility index (Phi) is 5.87. The Morgan fingerprint density at radius 1 is 1.15 bits per heavy atom. The number of nitrogens with zero attached hydrogens (tertiary/aromatic N) is 2. The van der Waals surface area contributed by atoms with Crippen molar-refractivity contribution >= 4 is 5.91 Å². The smallest absolute Gasteiger partial charge is 0.256 e. The number of hydrogen-bond donors (Lipinski definition) is 1. The lowest BCUT2D eigenvalue weighted by molar-refractivity contribution is -0.160. The Morgan fingerprint density at radius 2 is 1.89 bits per heavy atom. The molecule has 1 heterocycles. The van der Waals surface area contributed by atoms with Crippen LogP contribution in [0.15, 0.2) is 48.5 Å². The van der Waals surface area contributed by atoms with Crippen molar-refractivity contribution in [2.45, 2.75) is 31.5 Å². The molecule has 0 radical (unpaired) electrons. The van der Waals surface area contributed by atoms with Crippen LogP contribution in [0.25, 0.3) is 0 Å². The molecule has 0 aliphatic carbocycles. The lowest BCUT2D eigenvalue weighted by Gasteiger charge is -2.40. The SMILES string of the molecule is CN(Cc1ccccc1)CC1(O)CCCN(Cc2cccc(F)c2F)C1=O. The number of halogens is 2. The van der Waals surface area contributed by atoms with Crippen LogP contribution in [0.3, 0.4) is 0 Å². The highest BCUT2D eigenvalue weighted by molar-refractivity contribution is 5.86. The summed E-state index contributed by atoms with van der Waals surface area (Å²) in [7, 11) is 1.85. The van der Waals surface area contributed by atoms with Crippen molar-refractivity contribution in [3.05, 3.63) is 71.3 Å². The third-order valence-corrected chi connectivity index (χ3v) is 4.92. The van der Waals surface area contributed by atoms with Gasteiger partial charge < -0.3 is 10.0 Å². The van der Waals surface area contributed by atoms with Gasteiger partial charge in [-0.2, -0.15) is 0 Å². The van der Waals surface area contributed by atoms with Gasteiger partial charge in [0.15, 0.2) is 17.2 Å². The normalized spacial score (nSPS) is 20.3. The maximum atomic E-state index is 13.9. The largest absolute Gasteiger partial charge is 0.379 e. The van der Waals surface area contributed by atoms with Gasteiger partial charge >= 0.3 is 0 Å². The zero-order valence-corrected chi connectivity index (χ0v) is 15.4. The second-order valence-corrected chi connectivity index (χ2v) is 7.23. The quantitative estimate of drug-likeness (QED) is 0.846. The summed E-state index contributed by atoms with van der Waals surface area (Å²) >= 11 is 0. The maximum Gasteiger partial charge on any atom is 0.256 e. The van der Waals surface area contributed by atoms with E-state index in [0.717, 1.165) is 11.6 Å². The average molecular weight is 374 g/mol. The molecule has 0 spiro atoms. The number of piperidine rings is 1. The monoisotopic (exact) mass is 374 g/mol. The van der Waals surface area contributed by atoms with Gasteiger partial charge in [-0.15, -0.1) is 0 Å². The molecule has 144 valence electrons. The fourth-order valence-electron chi connectivity index (χ4n) is 3.64. The molecule has 2 aromatic rings. The molecule has 27 heavy (non-hydrogen) atoms. The molecule has 0 saturated carbocycles. The van der Waals surface area contributed by atoms with Crippen LogP contribution in [0.5, 0.6) is 0 Å². The standard InChI is InChI=1S/C21H24F2N2O2/c1-24(13-16-7-3-2-4-8-16)15-21(27)11-6-12-25(20(21)26)14-17-9-5-10-18(22)19(17)23/h2-5,7-10,27H,6,11-15H2,1H3. The first-order valence-corrected chi connectivity index (χ1v) is 9.06. The van der Waals surface area contributed by atoms with Crippen LogP contribution >= 0.6 is 0 Å². The van der Waals surface area contributed by atoms with Crippen molar-refractivity contribution < 1.29 is 18.7 Å². The second kappa shape index (κ2) is 8.15. The van der Waals surface area contributed by atoms with E-state index in [9.17, 15) is 18.7 Å². The topological polar surface area (TPSA) is 43.8 Å². The highest BCUT2D eigenvalue weighted by Gasteiger charge is 2.43. The predicted molar refractivity (Wildman–Crippen MR) is 98.7 cm³/mol. The Labute approximate surface area is 158 Å². The molecule has 1 fully saturated rings. The van der Waals surface area contributed by atoms with Gasteiger partial charge in [0, 0.05) is 31.7 Å². The number of amides is 1. The fourth-order valence-corrected chi connectivity index (χ4v) is 3.64. The van der Waals surface area contributed by atoms with E-state index in [0.29, 0.717) is 25.9 Å². The Morgan fingerprint density at radius 3 is 2.63 bits per heavy atom. The molecule has 1 N–H and O–H groups in total. The summed E-state index contributed by atoms with van der Waals surface area (Å²) in [4.78, 5) is 16.2. The molecule has 2 aromatic carbocycles. The van der Waals surface area contributed by atoms with E-state index < -0.39 is 23.1 Å². The summed E-state index contributed by atoms with van der Waals surface area (Å²) < 4.78 is 27.4. The molecular weight excluding hydrogens is 350 g/mol. The number of likely N-dealkylation sites (N-methyl/N-ethyl adjacent to an activating group) is 1. The van der Waals surface area contributed by atoms with E-state index in [1.165, 1.54) is 17.0 Å². The molecule has 4 nitrogen and oxygen atoms in total. The van der Waals surface area contributed by atoms with Crippen molar-refractivity contribution in [1.29, 1.82) is 0 Å². The van der Waals surface area contributed by atoms with Crippen molar-refractivity contribution in [2.24, 2.45) is 0 Å². The summed E-state index contributed by atoms with van der Waals surface area (Å²) in [5.41, 5.74) is -0.318. The first-order valence-electron chi connectivity index (χ1n) is 9.06. The van der Waals surface area contributed by atoms with E-state index in [1.54, 1.807) is 0 Å². The number of hydrogen-bond acceptors (Lipinski definition) is 3. The summed E-state index contributed by atoms with van der Waals surface area (Å²) in [6.07, 6.45) is 0.964. The van der Waals surface area contributed by atoms with Crippen LogP contribution in [-0.4, -0.2) is 46.6 Å². The van der Waals surface area contributed by atoms with Crippen molar-refractivity contribution in [3.8, 4) is 0 Å². The maximum absolute atomic E-state index is 13.9. The average Bonchev–Trinajstić information content (AvgIpc) is 2.63. The van der Waals surface area contributed by atoms with Gasteiger partial charge in [0.25, 0.3) is 5.91 Å². The van der Waals surface area contributed by atoms with Gasteiger partial charge in [-0.05, 0) is 31.5 Å². The van der Waals surface area contributed by atoms with Crippen molar-refractivity contribution in [3.63, 3.8) is 0 Å². The first kappa shape index (κ1) is 19.5. The Hall–Kier alpha value is -2.31. The lowest BCUT2D eigenvalue weighted by atomic mass is 9.90. The van der Waals surface area contributed by atoms with Crippen molar-refractivity contribution in [1.82, 2.24) is 9.80 Å². The van der Waals surface area contributed by atoms with Gasteiger partial charge in [-0.25, -0.2) is 8.78 Å². The predicted octanol–water partition coefficient (Wildman–Crippen LogP) is 2.95. The lowest BCUT2D eigenvalue weighted by Crippen LogP contribution is -2.57. The van der Waals surface area contributed by atoms with E-state index in [1.807, 2.05) is 42.3 Å². The summed E-state index contributed by atoms with van der Waals surface area (Å²) in [5.74, 6) is -2.31. The van der Waals surface area contributed by atoms with E-state index in [2.05, 4.69) is 0 Å². The van der Waals surface area contributed by atoms with E-state index in [4.69, 9.17) is 0 Å². The fraction of sp³-hybridized carbons (Fsp3) is 0.381. The van der Waals surface area contributed by atoms with Crippen LogP contribution in [0.2, 0.25) is 0 Å². The molecule has 1 saturated heterocycles. The van der Waals surface area contributed by atoms with Gasteiger partial charge in [0.1, 0.15) is 0 Å². The molecular formula is C21H24F2N2O2. The molecule has 3 rings (SSSR count). The molecule has 1 aliphatic heterocycles. The number of carbonyl (C=O) groups excluding carboxylic acids is 1. The third-order valence-electron chi connectivity index (χ3n) is 4.92. The molecule has 1 unspecified atom stereocenters. The van der Waals surface area contributed by atoms with Crippen LogP contribution in [0.4, 0.5) is 8.78 Å². The number of rotatable bonds is 6. The Bertz CT molecular complexity index is 800. The number of aliphatic hydroxyl groups is 1. The summed E-state index contributed by atoms with van der Waals surface area (Å²) in [6.45, 7) is 1.16.